The molecule has 2 aliphatic rings. The monoisotopic (exact) mass is 457 g/mol. The quantitative estimate of drug-likeness (QED) is 0.549. The molecule has 0 fully saturated rings. The Balaban J connectivity index is 1.50. The second-order valence-electron chi connectivity index (χ2n) is 7.93. The molecule has 0 radical (unpaired) electrons. The highest BCUT2D eigenvalue weighted by Gasteiger charge is 2.36. The van der Waals surface area contributed by atoms with E-state index in [2.05, 4.69) is 10.1 Å². The predicted octanol–water partition coefficient (Wildman–Crippen LogP) is 5.21. The summed E-state index contributed by atoms with van der Waals surface area (Å²) < 4.78 is 15.3. The molecule has 33 heavy (non-hydrogen) atoms. The van der Waals surface area contributed by atoms with Gasteiger partial charge >= 0.3 is 0 Å². The summed E-state index contributed by atoms with van der Waals surface area (Å²) in [5, 5.41) is 15.7. The minimum absolute atomic E-state index is 0.00815. The second-order valence-corrected chi connectivity index (χ2v) is 8.89. The highest BCUT2D eigenvalue weighted by molar-refractivity contribution is 8.27. The molecular formula is C25H20FN5OS. The van der Waals surface area contributed by atoms with Gasteiger partial charge in [0.2, 0.25) is 5.17 Å². The summed E-state index contributed by atoms with van der Waals surface area (Å²) >= 11 is 1.28. The summed E-state index contributed by atoms with van der Waals surface area (Å²) in [5.74, 6) is -0.774. The number of fused-ring (bicyclic) bond motifs is 1. The lowest BCUT2D eigenvalue weighted by Gasteiger charge is -2.20. The molecule has 3 aromatic rings. The molecule has 5 rings (SSSR count). The first-order valence-corrected chi connectivity index (χ1v) is 11.2. The minimum atomic E-state index is -0.467. The number of aryl methyl sites for hydroxylation is 2. The van der Waals surface area contributed by atoms with Crippen LogP contribution in [0.1, 0.15) is 28.1 Å². The highest BCUT2D eigenvalue weighted by atomic mass is 32.2. The molecule has 8 heteroatoms. The van der Waals surface area contributed by atoms with Gasteiger partial charge in [0.05, 0.1) is 5.57 Å². The number of amides is 1. The Labute approximate surface area is 194 Å². The molecule has 0 aliphatic carbocycles. The number of aromatic nitrogens is 1. The van der Waals surface area contributed by atoms with Gasteiger partial charge in [-0.15, -0.1) is 0 Å². The summed E-state index contributed by atoms with van der Waals surface area (Å²) in [4.78, 5) is 17.0. The van der Waals surface area contributed by atoms with Gasteiger partial charge in [-0.25, -0.2) is 4.39 Å². The van der Waals surface area contributed by atoms with Gasteiger partial charge in [0.1, 0.15) is 10.9 Å². The van der Waals surface area contributed by atoms with Crippen molar-refractivity contribution in [1.82, 2.24) is 9.58 Å². The zero-order chi connectivity index (χ0) is 23.3. The van der Waals surface area contributed by atoms with E-state index in [1.54, 1.807) is 18.2 Å². The molecule has 1 aromatic heterocycles. The molecular weight excluding hydrogens is 437 g/mol. The molecule has 164 valence electrons. The van der Waals surface area contributed by atoms with E-state index in [1.807, 2.05) is 55.7 Å². The fourth-order valence-electron chi connectivity index (χ4n) is 3.88. The Kier molecular flexibility index (Phi) is 5.09. The van der Waals surface area contributed by atoms with E-state index in [0.29, 0.717) is 10.2 Å². The number of halogens is 1. The van der Waals surface area contributed by atoms with Gasteiger partial charge in [0.25, 0.3) is 5.91 Å². The number of thioether (sulfide) groups is 1. The SMILES string of the molecule is Cc1ccc(C2=NN3C(=N)/C(=C\c4cc(C)n(-c5ccc(F)cc5)c4C)C(=O)N=C3S2)cc1. The lowest BCUT2D eigenvalue weighted by Crippen LogP contribution is -2.35. The van der Waals surface area contributed by atoms with Crippen LogP contribution < -0.4 is 0 Å². The number of hydrogen-bond donors (Lipinski definition) is 1. The Bertz CT molecular complexity index is 1400. The average Bonchev–Trinajstić information content (AvgIpc) is 3.33. The van der Waals surface area contributed by atoms with Crippen molar-refractivity contribution in [2.75, 3.05) is 0 Å². The van der Waals surface area contributed by atoms with Gasteiger partial charge in [-0.05, 0) is 74.5 Å². The lowest BCUT2D eigenvalue weighted by molar-refractivity contribution is -0.114. The summed E-state index contributed by atoms with van der Waals surface area (Å²) in [5.41, 5.74) is 5.65. The summed E-state index contributed by atoms with van der Waals surface area (Å²) in [6, 6.07) is 16.1. The maximum atomic E-state index is 13.4. The van der Waals surface area contributed by atoms with Crippen molar-refractivity contribution >= 4 is 39.8 Å². The average molecular weight is 458 g/mol. The molecule has 2 aromatic carbocycles. The fraction of sp³-hybridized carbons (Fsp3) is 0.120. The topological polar surface area (TPSA) is 73.8 Å². The number of carbonyl (C=O) groups is 1. The first-order valence-electron chi connectivity index (χ1n) is 10.3. The normalized spacial score (nSPS) is 16.8. The number of benzene rings is 2. The van der Waals surface area contributed by atoms with Crippen molar-refractivity contribution in [2.24, 2.45) is 10.1 Å². The zero-order valence-corrected chi connectivity index (χ0v) is 19.1. The summed E-state index contributed by atoms with van der Waals surface area (Å²) in [6.45, 7) is 5.88. The number of carbonyl (C=O) groups excluding carboxylic acids is 1. The second kappa shape index (κ2) is 7.97. The van der Waals surface area contributed by atoms with Crippen molar-refractivity contribution in [3.63, 3.8) is 0 Å². The predicted molar refractivity (Wildman–Crippen MR) is 130 cm³/mol. The standard InChI is InChI=1S/C25H20FN5OS/c1-14-4-6-17(7-5-14)24-29-31-22(27)21(23(32)28-25(31)33-24)13-18-12-15(2)30(16(18)3)20-10-8-19(26)9-11-20/h4-13,27H,1-3H3/b21-13+,27-22?. The van der Waals surface area contributed by atoms with E-state index in [-0.39, 0.29) is 17.2 Å². The number of nitrogens with one attached hydrogen (secondary N) is 1. The molecule has 0 spiro atoms. The first-order chi connectivity index (χ1) is 15.8. The van der Waals surface area contributed by atoms with Gasteiger partial charge in [-0.3, -0.25) is 10.2 Å². The summed E-state index contributed by atoms with van der Waals surface area (Å²) in [6.07, 6.45) is 1.68. The van der Waals surface area contributed by atoms with Gasteiger partial charge in [0.15, 0.2) is 5.84 Å². The fourth-order valence-corrected chi connectivity index (χ4v) is 4.78. The molecule has 0 saturated carbocycles. The Hall–Kier alpha value is -3.78. The van der Waals surface area contributed by atoms with Gasteiger partial charge in [0, 0.05) is 22.6 Å². The third kappa shape index (κ3) is 3.72. The number of aliphatic imine (C=N–C) groups is 1. The number of hydrazone groups is 1. The van der Waals surface area contributed by atoms with Crippen molar-refractivity contribution in [3.8, 4) is 5.69 Å². The molecule has 1 amide bonds. The number of rotatable bonds is 3. The Morgan fingerprint density at radius 2 is 1.73 bits per heavy atom. The van der Waals surface area contributed by atoms with Crippen LogP contribution in [0.3, 0.4) is 0 Å². The highest BCUT2D eigenvalue weighted by Crippen LogP contribution is 2.32. The Morgan fingerprint density at radius 3 is 2.42 bits per heavy atom. The van der Waals surface area contributed by atoms with Crippen LogP contribution in [0.15, 0.2) is 70.3 Å². The number of nitrogens with zero attached hydrogens (tertiary/aromatic N) is 4. The third-order valence-electron chi connectivity index (χ3n) is 5.61. The minimum Gasteiger partial charge on any atom is -0.318 e. The van der Waals surface area contributed by atoms with Crippen molar-refractivity contribution in [2.45, 2.75) is 20.8 Å². The lowest BCUT2D eigenvalue weighted by atomic mass is 10.1. The van der Waals surface area contributed by atoms with Crippen molar-refractivity contribution in [3.05, 3.63) is 94.1 Å². The Morgan fingerprint density at radius 1 is 1.03 bits per heavy atom. The van der Waals surface area contributed by atoms with E-state index >= 15 is 0 Å². The molecule has 1 N–H and O–H groups in total. The largest absolute Gasteiger partial charge is 0.318 e. The van der Waals surface area contributed by atoms with Gasteiger partial charge in [-0.1, -0.05) is 29.8 Å². The van der Waals surface area contributed by atoms with E-state index in [1.165, 1.54) is 28.9 Å². The number of hydrogen-bond acceptors (Lipinski definition) is 4. The molecule has 2 aliphatic heterocycles. The smallest absolute Gasteiger partial charge is 0.283 e. The van der Waals surface area contributed by atoms with Crippen LogP contribution in [-0.4, -0.2) is 31.5 Å². The van der Waals surface area contributed by atoms with E-state index in [4.69, 9.17) is 5.41 Å². The molecule has 6 nitrogen and oxygen atoms in total. The van der Waals surface area contributed by atoms with E-state index < -0.39 is 5.91 Å². The molecule has 0 unspecified atom stereocenters. The third-order valence-corrected chi connectivity index (χ3v) is 6.57. The molecule has 0 bridgehead atoms. The zero-order valence-electron chi connectivity index (χ0n) is 18.3. The van der Waals surface area contributed by atoms with Gasteiger partial charge in [-0.2, -0.15) is 15.1 Å². The van der Waals surface area contributed by atoms with Gasteiger partial charge < -0.3 is 4.57 Å². The van der Waals surface area contributed by atoms with Crippen molar-refractivity contribution < 1.29 is 9.18 Å². The molecule has 0 saturated heterocycles. The van der Waals surface area contributed by atoms with Crippen LogP contribution in [0.5, 0.6) is 0 Å². The number of amidine groups is 2. The molecule has 3 heterocycles. The van der Waals surface area contributed by atoms with Crippen LogP contribution in [-0.2, 0) is 4.79 Å². The first kappa shape index (κ1) is 21.1. The van der Waals surface area contributed by atoms with Crippen LogP contribution in [0, 0.1) is 32.0 Å². The van der Waals surface area contributed by atoms with Crippen LogP contribution >= 0.6 is 11.8 Å². The van der Waals surface area contributed by atoms with Crippen LogP contribution in [0.4, 0.5) is 4.39 Å². The summed E-state index contributed by atoms with van der Waals surface area (Å²) in [7, 11) is 0. The van der Waals surface area contributed by atoms with E-state index in [0.717, 1.165) is 33.8 Å². The van der Waals surface area contributed by atoms with E-state index in [9.17, 15) is 9.18 Å². The van der Waals surface area contributed by atoms with Crippen LogP contribution in [0.2, 0.25) is 0 Å². The van der Waals surface area contributed by atoms with Crippen molar-refractivity contribution in [1.29, 1.82) is 5.41 Å². The maximum absolute atomic E-state index is 13.4. The molecule has 0 atom stereocenters. The maximum Gasteiger partial charge on any atom is 0.283 e. The van der Waals surface area contributed by atoms with Crippen LogP contribution in [0.25, 0.3) is 11.8 Å².